The molecular formula is C18H22ClN7. The van der Waals surface area contributed by atoms with Crippen LogP contribution in [0.25, 0.3) is 11.2 Å². The molecule has 3 aliphatic heterocycles. The van der Waals surface area contributed by atoms with Crippen LogP contribution in [0.1, 0.15) is 17.8 Å². The van der Waals surface area contributed by atoms with E-state index in [0.29, 0.717) is 11.2 Å². The molecule has 2 saturated heterocycles. The van der Waals surface area contributed by atoms with Gasteiger partial charge in [0.15, 0.2) is 11.5 Å². The van der Waals surface area contributed by atoms with Gasteiger partial charge in [-0.1, -0.05) is 11.6 Å². The number of halogens is 1. The molecule has 1 N–H and O–H groups in total. The van der Waals surface area contributed by atoms with Crippen molar-refractivity contribution in [3.63, 3.8) is 0 Å². The first-order chi connectivity index (χ1) is 12.6. The lowest BCUT2D eigenvalue weighted by Crippen LogP contribution is -2.59. The van der Waals surface area contributed by atoms with Crippen LogP contribution in [0, 0.1) is 6.92 Å². The molecule has 5 heterocycles. The number of imidazole rings is 1. The third kappa shape index (κ3) is 2.38. The van der Waals surface area contributed by atoms with Gasteiger partial charge in [0.05, 0.1) is 17.9 Å². The molecule has 5 rings (SSSR count). The molecule has 3 aliphatic rings. The standard InChI is InChI=1S/C18H22ClN7/c1-12-16(13-4-5-21-25(9-13)14-10-23(2)11-14)22-18(24-6-3-7-24)17-20-8-15(19)26(12)17/h4-5,8-9,14,21H,3,6-7,10-11H2,1-2H3. The van der Waals surface area contributed by atoms with Crippen LogP contribution in [-0.2, 0) is 0 Å². The third-order valence-electron chi connectivity index (χ3n) is 5.45. The summed E-state index contributed by atoms with van der Waals surface area (Å²) >= 11 is 6.44. The van der Waals surface area contributed by atoms with Crippen LogP contribution >= 0.6 is 11.6 Å². The Hall–Kier alpha value is -2.25. The van der Waals surface area contributed by atoms with Crippen molar-refractivity contribution in [3.8, 4) is 0 Å². The van der Waals surface area contributed by atoms with Gasteiger partial charge in [0, 0.05) is 49.8 Å². The van der Waals surface area contributed by atoms with Gasteiger partial charge in [0.1, 0.15) is 5.15 Å². The number of fused-ring (bicyclic) bond motifs is 1. The summed E-state index contributed by atoms with van der Waals surface area (Å²) < 4.78 is 2.01. The van der Waals surface area contributed by atoms with Gasteiger partial charge in [-0.25, -0.2) is 9.97 Å². The summed E-state index contributed by atoms with van der Waals surface area (Å²) in [4.78, 5) is 14.1. The van der Waals surface area contributed by atoms with E-state index < -0.39 is 0 Å². The molecule has 0 radical (unpaired) electrons. The molecule has 0 spiro atoms. The van der Waals surface area contributed by atoms with Crippen LogP contribution in [0.3, 0.4) is 0 Å². The number of allylic oxidation sites excluding steroid dienone is 2. The minimum Gasteiger partial charge on any atom is -0.353 e. The van der Waals surface area contributed by atoms with Gasteiger partial charge in [-0.15, -0.1) is 0 Å². The van der Waals surface area contributed by atoms with Crippen molar-refractivity contribution in [2.75, 3.05) is 38.1 Å². The Morgan fingerprint density at radius 1 is 1.27 bits per heavy atom. The lowest BCUT2D eigenvalue weighted by molar-refractivity contribution is 0.0636. The number of rotatable bonds is 3. The summed E-state index contributed by atoms with van der Waals surface area (Å²) in [6.45, 7) is 6.21. The number of hydrazine groups is 1. The Morgan fingerprint density at radius 3 is 2.77 bits per heavy atom. The summed E-state index contributed by atoms with van der Waals surface area (Å²) in [5, 5.41) is 2.80. The maximum Gasteiger partial charge on any atom is 0.181 e. The maximum absolute atomic E-state index is 6.44. The molecular weight excluding hydrogens is 350 g/mol. The Balaban J connectivity index is 1.60. The zero-order chi connectivity index (χ0) is 17.8. The summed E-state index contributed by atoms with van der Waals surface area (Å²) in [5.74, 6) is 0.923. The number of hydrogen-bond acceptors (Lipinski definition) is 6. The van der Waals surface area contributed by atoms with Crippen LogP contribution < -0.4 is 10.3 Å². The van der Waals surface area contributed by atoms with E-state index in [1.165, 1.54) is 6.42 Å². The molecule has 0 saturated carbocycles. The number of hydrogen-bond donors (Lipinski definition) is 1. The number of likely N-dealkylation sites (tertiary alicyclic amines) is 1. The fourth-order valence-electron chi connectivity index (χ4n) is 3.80. The molecule has 0 bridgehead atoms. The van der Waals surface area contributed by atoms with Gasteiger partial charge >= 0.3 is 0 Å². The monoisotopic (exact) mass is 371 g/mol. The Labute approximate surface area is 157 Å². The van der Waals surface area contributed by atoms with E-state index in [9.17, 15) is 0 Å². The molecule has 136 valence electrons. The van der Waals surface area contributed by atoms with E-state index in [0.717, 1.165) is 54.6 Å². The lowest BCUT2D eigenvalue weighted by atomic mass is 10.1. The smallest absolute Gasteiger partial charge is 0.181 e. The normalized spacial score (nSPS) is 20.8. The molecule has 26 heavy (non-hydrogen) atoms. The molecule has 2 aromatic heterocycles. The zero-order valence-corrected chi connectivity index (χ0v) is 15.7. The van der Waals surface area contributed by atoms with E-state index in [1.807, 2.05) is 10.6 Å². The molecule has 2 fully saturated rings. The number of nitrogens with zero attached hydrogens (tertiary/aromatic N) is 6. The maximum atomic E-state index is 6.44. The van der Waals surface area contributed by atoms with Crippen molar-refractivity contribution in [1.29, 1.82) is 0 Å². The second-order valence-corrected chi connectivity index (χ2v) is 7.67. The Morgan fingerprint density at radius 2 is 2.08 bits per heavy atom. The summed E-state index contributed by atoms with van der Waals surface area (Å²) in [7, 11) is 2.14. The van der Waals surface area contributed by atoms with E-state index >= 15 is 0 Å². The van der Waals surface area contributed by atoms with Crippen molar-refractivity contribution < 1.29 is 0 Å². The van der Waals surface area contributed by atoms with E-state index in [1.54, 1.807) is 6.20 Å². The van der Waals surface area contributed by atoms with Gasteiger partial charge in [-0.3, -0.25) is 9.41 Å². The number of nitrogens with one attached hydrogen (secondary N) is 1. The van der Waals surface area contributed by atoms with E-state index in [-0.39, 0.29) is 0 Å². The highest BCUT2D eigenvalue weighted by Gasteiger charge is 2.30. The van der Waals surface area contributed by atoms with Crippen molar-refractivity contribution in [2.24, 2.45) is 0 Å². The van der Waals surface area contributed by atoms with Crippen LogP contribution in [0.15, 0.2) is 24.7 Å². The lowest BCUT2D eigenvalue weighted by Gasteiger charge is -2.43. The Bertz CT molecular complexity index is 921. The number of anilines is 1. The highest BCUT2D eigenvalue weighted by Crippen LogP contribution is 2.31. The predicted molar refractivity (Wildman–Crippen MR) is 103 cm³/mol. The second kappa shape index (κ2) is 5.89. The van der Waals surface area contributed by atoms with Crippen molar-refractivity contribution >= 4 is 28.6 Å². The molecule has 7 nitrogen and oxygen atoms in total. The fourth-order valence-corrected chi connectivity index (χ4v) is 4.06. The average molecular weight is 372 g/mol. The van der Waals surface area contributed by atoms with Gasteiger partial charge in [0.25, 0.3) is 0 Å². The van der Waals surface area contributed by atoms with Crippen LogP contribution in [-0.4, -0.2) is 63.5 Å². The van der Waals surface area contributed by atoms with Crippen LogP contribution in [0.5, 0.6) is 0 Å². The van der Waals surface area contributed by atoms with E-state index in [2.05, 4.69) is 51.5 Å². The minimum absolute atomic E-state index is 0.482. The third-order valence-corrected chi connectivity index (χ3v) is 5.71. The first-order valence-electron chi connectivity index (χ1n) is 9.02. The van der Waals surface area contributed by atoms with Gasteiger partial charge in [-0.05, 0) is 26.5 Å². The predicted octanol–water partition coefficient (Wildman–Crippen LogP) is 1.89. The van der Waals surface area contributed by atoms with Crippen LogP contribution in [0.4, 0.5) is 5.82 Å². The van der Waals surface area contributed by atoms with Gasteiger partial charge in [0.2, 0.25) is 0 Å². The highest BCUT2D eigenvalue weighted by atomic mass is 35.5. The summed E-state index contributed by atoms with van der Waals surface area (Å²) in [6.07, 6.45) is 9.12. The number of aromatic nitrogens is 3. The van der Waals surface area contributed by atoms with E-state index in [4.69, 9.17) is 16.6 Å². The highest BCUT2D eigenvalue weighted by molar-refractivity contribution is 6.29. The van der Waals surface area contributed by atoms with Crippen molar-refractivity contribution in [1.82, 2.24) is 29.7 Å². The van der Waals surface area contributed by atoms with Crippen LogP contribution in [0.2, 0.25) is 5.15 Å². The molecule has 0 aromatic carbocycles. The molecule has 0 unspecified atom stereocenters. The Kier molecular flexibility index (Phi) is 3.62. The minimum atomic E-state index is 0.482. The largest absolute Gasteiger partial charge is 0.353 e. The number of likely N-dealkylation sites (N-methyl/N-ethyl adjacent to an activating group) is 1. The topological polar surface area (TPSA) is 51.9 Å². The van der Waals surface area contributed by atoms with Gasteiger partial charge < -0.3 is 15.2 Å². The molecule has 2 aromatic rings. The summed E-state index contributed by atoms with van der Waals surface area (Å²) in [6, 6.07) is 0.482. The molecule has 0 aliphatic carbocycles. The molecule has 8 heteroatoms. The first kappa shape index (κ1) is 16.0. The quantitative estimate of drug-likeness (QED) is 0.889. The van der Waals surface area contributed by atoms with Crippen molar-refractivity contribution in [2.45, 2.75) is 19.4 Å². The molecule has 0 amide bonds. The second-order valence-electron chi connectivity index (χ2n) is 7.28. The van der Waals surface area contributed by atoms with Crippen molar-refractivity contribution in [3.05, 3.63) is 41.2 Å². The SMILES string of the molecule is Cc1c(C2=CN(C3CN(C)C3)NC=C2)nc(N2CCC2)c2ncc(Cl)n12. The van der Waals surface area contributed by atoms with Gasteiger partial charge in [-0.2, -0.15) is 0 Å². The first-order valence-corrected chi connectivity index (χ1v) is 9.40. The summed E-state index contributed by atoms with van der Waals surface area (Å²) in [5.41, 5.74) is 7.22. The number of aryl methyl sites for hydroxylation is 1. The average Bonchev–Trinajstić information content (AvgIpc) is 2.95. The fraction of sp³-hybridized carbons (Fsp3) is 0.444. The molecule has 0 atom stereocenters. The zero-order valence-electron chi connectivity index (χ0n) is 15.0.